The highest BCUT2D eigenvalue weighted by Gasteiger charge is 2.34. The SMILES string of the molecule is Cc1ccc(-c2nc(C)c(C(C)NC3=N[C@H]4COC[C@H]4N3)s2)cc1. The molecule has 2 aliphatic rings. The van der Waals surface area contributed by atoms with Crippen LogP contribution in [0, 0.1) is 13.8 Å². The molecule has 5 nitrogen and oxygen atoms in total. The normalized spacial score (nSPS) is 23.5. The minimum atomic E-state index is 0.174. The molecule has 0 saturated carbocycles. The number of thiazole rings is 1. The van der Waals surface area contributed by atoms with E-state index in [0.717, 1.165) is 23.3 Å². The van der Waals surface area contributed by atoms with Gasteiger partial charge < -0.3 is 15.4 Å². The Bertz CT molecular complexity index is 768. The average molecular weight is 342 g/mol. The molecule has 1 aromatic carbocycles. The second-order valence-electron chi connectivity index (χ2n) is 6.53. The first-order valence-corrected chi connectivity index (χ1v) is 9.15. The summed E-state index contributed by atoms with van der Waals surface area (Å²) in [7, 11) is 0. The second kappa shape index (κ2) is 6.18. The molecule has 4 rings (SSSR count). The summed E-state index contributed by atoms with van der Waals surface area (Å²) < 4.78 is 5.42. The highest BCUT2D eigenvalue weighted by atomic mass is 32.1. The van der Waals surface area contributed by atoms with Crippen LogP contribution in [0.5, 0.6) is 0 Å². The topological polar surface area (TPSA) is 58.5 Å². The minimum absolute atomic E-state index is 0.174. The van der Waals surface area contributed by atoms with E-state index in [9.17, 15) is 0 Å². The van der Waals surface area contributed by atoms with Crippen molar-refractivity contribution in [1.29, 1.82) is 0 Å². The third-order valence-electron chi connectivity index (χ3n) is 4.55. The maximum atomic E-state index is 5.42. The molecule has 3 heterocycles. The van der Waals surface area contributed by atoms with Crippen LogP contribution in [0.25, 0.3) is 10.6 Å². The highest BCUT2D eigenvalue weighted by molar-refractivity contribution is 7.15. The van der Waals surface area contributed by atoms with Crippen LogP contribution >= 0.6 is 11.3 Å². The largest absolute Gasteiger partial charge is 0.377 e. The molecule has 6 heteroatoms. The number of nitrogens with one attached hydrogen (secondary N) is 2. The van der Waals surface area contributed by atoms with Crippen molar-refractivity contribution in [2.45, 2.75) is 38.9 Å². The lowest BCUT2D eigenvalue weighted by atomic mass is 10.2. The lowest BCUT2D eigenvalue weighted by molar-refractivity contribution is 0.188. The van der Waals surface area contributed by atoms with Crippen LogP contribution in [0.3, 0.4) is 0 Å². The number of hydrogen-bond donors (Lipinski definition) is 2. The van der Waals surface area contributed by atoms with Crippen LogP contribution < -0.4 is 10.6 Å². The summed E-state index contributed by atoms with van der Waals surface area (Å²) in [5, 5.41) is 7.98. The Labute approximate surface area is 146 Å². The van der Waals surface area contributed by atoms with Crippen LogP contribution in [-0.4, -0.2) is 36.2 Å². The maximum absolute atomic E-state index is 5.42. The summed E-state index contributed by atoms with van der Waals surface area (Å²) in [4.78, 5) is 10.7. The number of nitrogens with zero attached hydrogens (tertiary/aromatic N) is 2. The van der Waals surface area contributed by atoms with Gasteiger partial charge in [-0.1, -0.05) is 29.8 Å². The standard InChI is InChI=1S/C18H22N4OS/c1-10-4-6-13(7-5-10)17-19-11(2)16(24-17)12(3)20-18-21-14-8-23-9-15(14)22-18/h4-7,12,14-15H,8-9H2,1-3H3,(H2,20,21,22)/t12?,14-,15+. The zero-order valence-electron chi connectivity index (χ0n) is 14.2. The van der Waals surface area contributed by atoms with Crippen LogP contribution in [0.2, 0.25) is 0 Å². The molecule has 24 heavy (non-hydrogen) atoms. The fourth-order valence-electron chi connectivity index (χ4n) is 3.17. The number of rotatable bonds is 3. The van der Waals surface area contributed by atoms with E-state index in [1.54, 1.807) is 11.3 Å². The second-order valence-corrected chi connectivity index (χ2v) is 7.56. The summed E-state index contributed by atoms with van der Waals surface area (Å²) >= 11 is 1.75. The van der Waals surface area contributed by atoms with E-state index in [1.165, 1.54) is 16.0 Å². The zero-order chi connectivity index (χ0) is 16.7. The predicted molar refractivity (Wildman–Crippen MR) is 97.5 cm³/mol. The van der Waals surface area contributed by atoms with Gasteiger partial charge in [0.15, 0.2) is 5.96 Å². The van der Waals surface area contributed by atoms with Crippen molar-refractivity contribution >= 4 is 17.3 Å². The molecule has 1 aromatic heterocycles. The number of fused-ring (bicyclic) bond motifs is 1. The molecule has 0 aliphatic carbocycles. The number of guanidine groups is 1. The molecule has 0 spiro atoms. The van der Waals surface area contributed by atoms with E-state index in [4.69, 9.17) is 9.72 Å². The van der Waals surface area contributed by atoms with Crippen LogP contribution in [0.1, 0.15) is 29.1 Å². The molecule has 1 fully saturated rings. The van der Waals surface area contributed by atoms with Gasteiger partial charge in [-0.25, -0.2) is 9.98 Å². The maximum Gasteiger partial charge on any atom is 0.192 e. The Morgan fingerprint density at radius 3 is 2.79 bits per heavy atom. The zero-order valence-corrected chi connectivity index (χ0v) is 15.0. The minimum Gasteiger partial charge on any atom is -0.377 e. The lowest BCUT2D eigenvalue weighted by Gasteiger charge is -2.15. The first-order valence-electron chi connectivity index (χ1n) is 8.33. The first-order chi connectivity index (χ1) is 11.6. The predicted octanol–water partition coefficient (Wildman–Crippen LogP) is 2.80. The molecular weight excluding hydrogens is 320 g/mol. The van der Waals surface area contributed by atoms with Gasteiger partial charge in [0.1, 0.15) is 5.01 Å². The quantitative estimate of drug-likeness (QED) is 0.900. The van der Waals surface area contributed by atoms with Gasteiger partial charge in [-0.05, 0) is 20.8 Å². The van der Waals surface area contributed by atoms with E-state index in [0.29, 0.717) is 12.6 Å². The number of benzene rings is 1. The first kappa shape index (κ1) is 15.6. The van der Waals surface area contributed by atoms with Crippen molar-refractivity contribution in [2.24, 2.45) is 4.99 Å². The average Bonchev–Trinajstić information content (AvgIpc) is 3.22. The molecule has 1 unspecified atom stereocenters. The molecule has 3 atom stereocenters. The van der Waals surface area contributed by atoms with E-state index in [-0.39, 0.29) is 12.1 Å². The molecule has 2 aromatic rings. The molecule has 0 radical (unpaired) electrons. The van der Waals surface area contributed by atoms with Crippen molar-refractivity contribution in [3.63, 3.8) is 0 Å². The summed E-state index contributed by atoms with van der Waals surface area (Å²) in [5.74, 6) is 0.880. The highest BCUT2D eigenvalue weighted by Crippen LogP contribution is 2.32. The monoisotopic (exact) mass is 342 g/mol. The third kappa shape index (κ3) is 2.91. The summed E-state index contributed by atoms with van der Waals surface area (Å²) in [6.45, 7) is 7.80. The molecule has 2 N–H and O–H groups in total. The smallest absolute Gasteiger partial charge is 0.192 e. The van der Waals surface area contributed by atoms with Gasteiger partial charge in [0.25, 0.3) is 0 Å². The van der Waals surface area contributed by atoms with Crippen molar-refractivity contribution in [3.8, 4) is 10.6 Å². The van der Waals surface area contributed by atoms with Crippen molar-refractivity contribution in [3.05, 3.63) is 40.4 Å². The lowest BCUT2D eigenvalue weighted by Crippen LogP contribution is -2.41. The van der Waals surface area contributed by atoms with Crippen LogP contribution in [0.4, 0.5) is 0 Å². The molecule has 0 amide bonds. The van der Waals surface area contributed by atoms with Gasteiger partial charge in [0.2, 0.25) is 0 Å². The van der Waals surface area contributed by atoms with Gasteiger partial charge in [0, 0.05) is 5.56 Å². The van der Waals surface area contributed by atoms with Crippen LogP contribution in [-0.2, 0) is 4.74 Å². The Hall–Kier alpha value is -1.92. The van der Waals surface area contributed by atoms with E-state index >= 15 is 0 Å². The van der Waals surface area contributed by atoms with Gasteiger partial charge in [0.05, 0.1) is 41.9 Å². The fraction of sp³-hybridized carbons (Fsp3) is 0.444. The van der Waals surface area contributed by atoms with Gasteiger partial charge in [-0.15, -0.1) is 11.3 Å². The van der Waals surface area contributed by atoms with E-state index < -0.39 is 0 Å². The Morgan fingerprint density at radius 1 is 1.25 bits per heavy atom. The van der Waals surface area contributed by atoms with Crippen molar-refractivity contribution in [2.75, 3.05) is 13.2 Å². The Kier molecular flexibility index (Phi) is 4.02. The fourth-order valence-corrected chi connectivity index (χ4v) is 4.24. The number of aliphatic imine (C=N–C) groups is 1. The van der Waals surface area contributed by atoms with Gasteiger partial charge >= 0.3 is 0 Å². The molecular formula is C18H22N4OS. The number of aryl methyl sites for hydroxylation is 2. The Morgan fingerprint density at radius 2 is 2.04 bits per heavy atom. The van der Waals surface area contributed by atoms with E-state index in [1.807, 2.05) is 0 Å². The summed E-state index contributed by atoms with van der Waals surface area (Å²) in [6, 6.07) is 9.29. The van der Waals surface area contributed by atoms with Gasteiger partial charge in [-0.2, -0.15) is 0 Å². The van der Waals surface area contributed by atoms with Crippen molar-refractivity contribution < 1.29 is 4.74 Å². The molecule has 2 aliphatic heterocycles. The molecule has 1 saturated heterocycles. The number of ether oxygens (including phenoxy) is 1. The molecule has 126 valence electrons. The van der Waals surface area contributed by atoms with E-state index in [2.05, 4.69) is 60.7 Å². The molecule has 0 bridgehead atoms. The van der Waals surface area contributed by atoms with Gasteiger partial charge in [-0.3, -0.25) is 0 Å². The summed E-state index contributed by atoms with van der Waals surface area (Å²) in [5.41, 5.74) is 3.52. The number of hydrogen-bond acceptors (Lipinski definition) is 6. The third-order valence-corrected chi connectivity index (χ3v) is 5.93. The summed E-state index contributed by atoms with van der Waals surface area (Å²) in [6.07, 6.45) is 0. The van der Waals surface area contributed by atoms with Crippen molar-refractivity contribution in [1.82, 2.24) is 15.6 Å². The van der Waals surface area contributed by atoms with Crippen LogP contribution in [0.15, 0.2) is 29.3 Å². The Balaban J connectivity index is 1.50. The number of aromatic nitrogens is 1.